The van der Waals surface area contributed by atoms with Gasteiger partial charge in [0.05, 0.1) is 0 Å². The van der Waals surface area contributed by atoms with Crippen molar-refractivity contribution < 1.29 is 14.7 Å². The molecule has 3 unspecified atom stereocenters. The second kappa shape index (κ2) is 14.7. The molecule has 176 valence electrons. The number of aliphatic carboxylic acids is 1. The van der Waals surface area contributed by atoms with Crippen molar-refractivity contribution in [3.05, 3.63) is 0 Å². The standard InChI is InChI=1S/C25H48N2O3/c1-20(2)16-22-17-21(3)18-25(4,19-22)27-24(30)26-15-13-11-9-7-5-6-8-10-12-14-23(28)29/h20-22H,5-19H2,1-4H3,(H,28,29)(H2,26,27,30). The molecule has 3 atom stereocenters. The lowest BCUT2D eigenvalue weighted by atomic mass is 9.70. The quantitative estimate of drug-likeness (QED) is 0.262. The molecule has 0 spiro atoms. The molecule has 30 heavy (non-hydrogen) atoms. The van der Waals surface area contributed by atoms with E-state index in [9.17, 15) is 9.59 Å². The third kappa shape index (κ3) is 13.1. The lowest BCUT2D eigenvalue weighted by Gasteiger charge is -2.42. The molecule has 0 heterocycles. The maximum Gasteiger partial charge on any atom is 0.315 e. The van der Waals surface area contributed by atoms with E-state index < -0.39 is 5.97 Å². The van der Waals surface area contributed by atoms with Gasteiger partial charge in [0, 0.05) is 18.5 Å². The maximum atomic E-state index is 12.4. The molecular weight excluding hydrogens is 376 g/mol. The number of hydrogen-bond donors (Lipinski definition) is 3. The van der Waals surface area contributed by atoms with Crippen LogP contribution < -0.4 is 10.6 Å². The Kier molecular flexibility index (Phi) is 13.1. The number of amides is 2. The van der Waals surface area contributed by atoms with Crippen molar-refractivity contribution >= 4 is 12.0 Å². The topological polar surface area (TPSA) is 78.4 Å². The molecule has 1 aliphatic rings. The molecule has 0 aromatic rings. The van der Waals surface area contributed by atoms with Crippen LogP contribution in [-0.2, 0) is 4.79 Å². The van der Waals surface area contributed by atoms with Gasteiger partial charge in [0.25, 0.3) is 0 Å². The van der Waals surface area contributed by atoms with Crippen molar-refractivity contribution in [3.8, 4) is 0 Å². The molecule has 0 aromatic carbocycles. The van der Waals surface area contributed by atoms with Crippen molar-refractivity contribution in [3.63, 3.8) is 0 Å². The Hall–Kier alpha value is -1.26. The lowest BCUT2D eigenvalue weighted by molar-refractivity contribution is -0.137. The van der Waals surface area contributed by atoms with E-state index in [0.717, 1.165) is 63.3 Å². The number of nitrogens with one attached hydrogen (secondary N) is 2. The molecule has 0 bridgehead atoms. The Morgan fingerprint density at radius 1 is 0.967 bits per heavy atom. The zero-order valence-electron chi connectivity index (χ0n) is 20.1. The van der Waals surface area contributed by atoms with Crippen LogP contribution in [0, 0.1) is 17.8 Å². The first-order valence-corrected chi connectivity index (χ1v) is 12.5. The van der Waals surface area contributed by atoms with Crippen LogP contribution in [0.1, 0.15) is 118 Å². The zero-order valence-corrected chi connectivity index (χ0v) is 20.1. The fourth-order valence-electron chi connectivity index (χ4n) is 5.33. The summed E-state index contributed by atoms with van der Waals surface area (Å²) >= 11 is 0. The van der Waals surface area contributed by atoms with Crippen LogP contribution in [0.4, 0.5) is 4.79 Å². The number of carbonyl (C=O) groups is 2. The number of carboxylic acids is 1. The zero-order chi connectivity index (χ0) is 22.4. The van der Waals surface area contributed by atoms with Crippen LogP contribution in [0.15, 0.2) is 0 Å². The van der Waals surface area contributed by atoms with Crippen molar-refractivity contribution in [2.24, 2.45) is 17.8 Å². The predicted molar refractivity (Wildman–Crippen MR) is 125 cm³/mol. The maximum absolute atomic E-state index is 12.4. The van der Waals surface area contributed by atoms with Crippen molar-refractivity contribution in [1.82, 2.24) is 10.6 Å². The molecule has 1 aliphatic carbocycles. The summed E-state index contributed by atoms with van der Waals surface area (Å²) in [7, 11) is 0. The molecule has 5 nitrogen and oxygen atoms in total. The van der Waals surface area contributed by atoms with Crippen LogP contribution in [0.3, 0.4) is 0 Å². The van der Waals surface area contributed by atoms with Crippen molar-refractivity contribution in [1.29, 1.82) is 0 Å². The number of unbranched alkanes of at least 4 members (excludes halogenated alkanes) is 8. The molecule has 0 radical (unpaired) electrons. The molecule has 0 aromatic heterocycles. The van der Waals surface area contributed by atoms with Gasteiger partial charge in [-0.15, -0.1) is 0 Å². The van der Waals surface area contributed by atoms with Crippen molar-refractivity contribution in [2.75, 3.05) is 6.54 Å². The summed E-state index contributed by atoms with van der Waals surface area (Å²) in [4.78, 5) is 22.8. The molecular formula is C25H48N2O3. The monoisotopic (exact) mass is 424 g/mol. The molecule has 1 rings (SSSR count). The Morgan fingerprint density at radius 3 is 2.10 bits per heavy atom. The average molecular weight is 425 g/mol. The highest BCUT2D eigenvalue weighted by Gasteiger charge is 2.36. The largest absolute Gasteiger partial charge is 0.481 e. The number of hydrogen-bond acceptors (Lipinski definition) is 2. The first-order chi connectivity index (χ1) is 14.2. The van der Waals surface area contributed by atoms with Gasteiger partial charge in [-0.25, -0.2) is 4.79 Å². The van der Waals surface area contributed by atoms with Gasteiger partial charge in [-0.2, -0.15) is 0 Å². The minimum atomic E-state index is -0.685. The molecule has 1 fully saturated rings. The van der Waals surface area contributed by atoms with E-state index in [0.29, 0.717) is 12.3 Å². The first-order valence-electron chi connectivity index (χ1n) is 12.5. The highest BCUT2D eigenvalue weighted by molar-refractivity contribution is 5.74. The molecule has 0 aliphatic heterocycles. The lowest BCUT2D eigenvalue weighted by Crippen LogP contribution is -2.54. The summed E-state index contributed by atoms with van der Waals surface area (Å²) < 4.78 is 0. The molecule has 0 saturated heterocycles. The number of carbonyl (C=O) groups excluding carboxylic acids is 1. The van der Waals surface area contributed by atoms with Crippen LogP contribution in [0.2, 0.25) is 0 Å². The first kappa shape index (κ1) is 26.8. The highest BCUT2D eigenvalue weighted by Crippen LogP contribution is 2.38. The second-order valence-electron chi connectivity index (χ2n) is 10.5. The smallest absolute Gasteiger partial charge is 0.315 e. The number of carboxylic acid groups (broad SMARTS) is 1. The Morgan fingerprint density at radius 2 is 1.53 bits per heavy atom. The van der Waals surface area contributed by atoms with Crippen LogP contribution in [0.5, 0.6) is 0 Å². The molecule has 1 saturated carbocycles. The predicted octanol–water partition coefficient (Wildman–Crippen LogP) is 6.51. The normalized spacial score (nSPS) is 24.0. The van der Waals surface area contributed by atoms with Gasteiger partial charge in [-0.3, -0.25) is 4.79 Å². The summed E-state index contributed by atoms with van der Waals surface area (Å²) in [6.07, 6.45) is 15.1. The molecule has 5 heteroatoms. The molecule has 3 N–H and O–H groups in total. The van der Waals surface area contributed by atoms with E-state index in [-0.39, 0.29) is 11.6 Å². The summed E-state index contributed by atoms with van der Waals surface area (Å²) in [6.45, 7) is 9.87. The Balaban J connectivity index is 2.05. The molecule has 2 amide bonds. The number of rotatable bonds is 15. The van der Waals surface area contributed by atoms with E-state index in [2.05, 4.69) is 38.3 Å². The fraction of sp³-hybridized carbons (Fsp3) is 0.920. The average Bonchev–Trinajstić information content (AvgIpc) is 2.60. The number of urea groups is 1. The van der Waals surface area contributed by atoms with Crippen LogP contribution in [-0.4, -0.2) is 29.2 Å². The van der Waals surface area contributed by atoms with Crippen molar-refractivity contribution in [2.45, 2.75) is 123 Å². The fourth-order valence-corrected chi connectivity index (χ4v) is 5.33. The van der Waals surface area contributed by atoms with Gasteiger partial charge in [0.1, 0.15) is 0 Å². The minimum absolute atomic E-state index is 0.00346. The van der Waals surface area contributed by atoms with Gasteiger partial charge in [0.15, 0.2) is 0 Å². The minimum Gasteiger partial charge on any atom is -0.481 e. The Labute approximate surface area is 185 Å². The summed E-state index contributed by atoms with van der Waals surface area (Å²) in [5, 5.41) is 15.0. The third-order valence-corrected chi connectivity index (χ3v) is 6.35. The van der Waals surface area contributed by atoms with E-state index >= 15 is 0 Å². The SMILES string of the molecule is CC(C)CC1CC(C)CC(C)(NC(=O)NCCCCCCCCCCCC(=O)O)C1. The van der Waals surface area contributed by atoms with Gasteiger partial charge in [-0.05, 0) is 63.2 Å². The highest BCUT2D eigenvalue weighted by atomic mass is 16.4. The van der Waals surface area contributed by atoms with Gasteiger partial charge >= 0.3 is 12.0 Å². The van der Waals surface area contributed by atoms with E-state index in [4.69, 9.17) is 5.11 Å². The van der Waals surface area contributed by atoms with Crippen LogP contribution >= 0.6 is 0 Å². The summed E-state index contributed by atoms with van der Waals surface area (Å²) in [5.74, 6) is 1.42. The van der Waals surface area contributed by atoms with Gasteiger partial charge in [-0.1, -0.05) is 65.7 Å². The van der Waals surface area contributed by atoms with Gasteiger partial charge < -0.3 is 15.7 Å². The van der Waals surface area contributed by atoms with E-state index in [1.807, 2.05) is 0 Å². The summed E-state index contributed by atoms with van der Waals surface area (Å²) in [5.41, 5.74) is -0.0776. The summed E-state index contributed by atoms with van der Waals surface area (Å²) in [6, 6.07) is -0.00346. The van der Waals surface area contributed by atoms with Gasteiger partial charge in [0.2, 0.25) is 0 Å². The van der Waals surface area contributed by atoms with E-state index in [1.54, 1.807) is 0 Å². The van der Waals surface area contributed by atoms with Crippen LogP contribution in [0.25, 0.3) is 0 Å². The third-order valence-electron chi connectivity index (χ3n) is 6.35. The Bertz CT molecular complexity index is 493. The second-order valence-corrected chi connectivity index (χ2v) is 10.5. The van der Waals surface area contributed by atoms with E-state index in [1.165, 1.54) is 38.5 Å².